The molecule has 21 heavy (non-hydrogen) atoms. The maximum atomic E-state index is 12.4. The number of nitrogens with one attached hydrogen (secondary N) is 1. The van der Waals surface area contributed by atoms with Crippen molar-refractivity contribution in [1.29, 1.82) is 0 Å². The molecule has 0 saturated carbocycles. The monoisotopic (exact) mass is 349 g/mol. The number of aromatic nitrogens is 1. The Morgan fingerprint density at radius 2 is 2.19 bits per heavy atom. The van der Waals surface area contributed by atoms with Crippen LogP contribution in [0.5, 0.6) is 0 Å². The van der Waals surface area contributed by atoms with Crippen LogP contribution in [0.1, 0.15) is 16.1 Å². The van der Waals surface area contributed by atoms with Gasteiger partial charge in [0.15, 0.2) is 10.8 Å². The Morgan fingerprint density at radius 1 is 1.33 bits per heavy atom. The highest BCUT2D eigenvalue weighted by Crippen LogP contribution is 2.26. The van der Waals surface area contributed by atoms with Gasteiger partial charge in [0.05, 0.1) is 12.5 Å². The number of carbonyl (C=O) groups excluding carboxylic acids is 1. The third-order valence-corrected chi connectivity index (χ3v) is 4.08. The maximum absolute atomic E-state index is 12.4. The molecule has 3 heterocycles. The topological polar surface area (TPSA) is 58.4 Å². The molecule has 0 aliphatic carbocycles. The number of furan rings is 1. The van der Waals surface area contributed by atoms with Crippen molar-refractivity contribution in [2.45, 2.75) is 6.42 Å². The van der Waals surface area contributed by atoms with E-state index < -0.39 is 0 Å². The third-order valence-electron chi connectivity index (χ3n) is 3.08. The molecule has 116 valence electrons. The summed E-state index contributed by atoms with van der Waals surface area (Å²) < 4.78 is 5.29. The highest BCUT2D eigenvalue weighted by Gasteiger charge is 2.20. The number of nitrogens with zero attached hydrogens (tertiary/aromatic N) is 2. The largest absolute Gasteiger partial charge is 0.462 e. The number of hydrogen-bond acceptors (Lipinski definition) is 5. The van der Waals surface area contributed by atoms with Crippen LogP contribution >= 0.6 is 36.2 Å². The van der Waals surface area contributed by atoms with Crippen molar-refractivity contribution < 1.29 is 9.21 Å². The molecule has 5 nitrogen and oxygen atoms in total. The van der Waals surface area contributed by atoms with Gasteiger partial charge >= 0.3 is 0 Å². The summed E-state index contributed by atoms with van der Waals surface area (Å²) in [4.78, 5) is 19.2. The van der Waals surface area contributed by atoms with Gasteiger partial charge in [0.2, 0.25) is 0 Å². The minimum absolute atomic E-state index is 0. The maximum Gasteiger partial charge on any atom is 0.265 e. The van der Waals surface area contributed by atoms with E-state index in [1.165, 1.54) is 11.3 Å². The van der Waals surface area contributed by atoms with Crippen LogP contribution in [0.4, 0.5) is 0 Å². The molecule has 0 spiro atoms. The normalized spacial score (nSPS) is 14.8. The van der Waals surface area contributed by atoms with Gasteiger partial charge in [0, 0.05) is 19.6 Å². The lowest BCUT2D eigenvalue weighted by atomic mass is 10.3. The average Bonchev–Trinajstić information content (AvgIpc) is 3.04. The van der Waals surface area contributed by atoms with E-state index in [-0.39, 0.29) is 30.7 Å². The van der Waals surface area contributed by atoms with Crippen LogP contribution in [0, 0.1) is 0 Å². The minimum atomic E-state index is 0. The zero-order chi connectivity index (χ0) is 13.1. The molecule has 1 aliphatic rings. The van der Waals surface area contributed by atoms with Crippen molar-refractivity contribution >= 4 is 42.1 Å². The fraction of sp³-hybridized carbons (Fsp3) is 0.385. The lowest BCUT2D eigenvalue weighted by molar-refractivity contribution is 0.0771. The molecule has 0 unspecified atom stereocenters. The van der Waals surface area contributed by atoms with E-state index in [0.717, 1.165) is 37.6 Å². The second kappa shape index (κ2) is 8.38. The number of thiazole rings is 1. The van der Waals surface area contributed by atoms with Crippen LogP contribution in [0.25, 0.3) is 10.8 Å². The third kappa shape index (κ3) is 4.20. The van der Waals surface area contributed by atoms with E-state index in [1.807, 2.05) is 17.0 Å². The van der Waals surface area contributed by atoms with E-state index in [4.69, 9.17) is 4.42 Å². The highest BCUT2D eigenvalue weighted by molar-refractivity contribution is 7.16. The molecular formula is C13H17Cl2N3O2S. The fourth-order valence-corrected chi connectivity index (χ4v) is 2.94. The van der Waals surface area contributed by atoms with E-state index in [1.54, 1.807) is 12.5 Å². The van der Waals surface area contributed by atoms with Gasteiger partial charge in [0.1, 0.15) is 4.88 Å². The van der Waals surface area contributed by atoms with Crippen molar-refractivity contribution in [3.63, 3.8) is 0 Å². The van der Waals surface area contributed by atoms with E-state index in [2.05, 4.69) is 10.3 Å². The number of halogens is 2. The standard InChI is InChI=1S/C13H15N3O2S.2ClH/c17-13(16-6-2-4-14-5-7-16)11-9-15-12(19-11)10-3-1-8-18-10;;/h1,3,8-9,14H,2,4-7H2;2*1H. The van der Waals surface area contributed by atoms with Crippen molar-refractivity contribution in [3.05, 3.63) is 29.5 Å². The first-order valence-corrected chi connectivity index (χ1v) is 7.16. The smallest absolute Gasteiger partial charge is 0.265 e. The van der Waals surface area contributed by atoms with Crippen molar-refractivity contribution in [1.82, 2.24) is 15.2 Å². The van der Waals surface area contributed by atoms with Gasteiger partial charge < -0.3 is 14.6 Å². The van der Waals surface area contributed by atoms with Crippen molar-refractivity contribution in [2.24, 2.45) is 0 Å². The summed E-state index contributed by atoms with van der Waals surface area (Å²) in [6, 6.07) is 3.67. The quantitative estimate of drug-likeness (QED) is 0.905. The van der Waals surface area contributed by atoms with Crippen LogP contribution in [-0.2, 0) is 0 Å². The van der Waals surface area contributed by atoms with E-state index in [0.29, 0.717) is 10.6 Å². The summed E-state index contributed by atoms with van der Waals surface area (Å²) in [7, 11) is 0. The number of hydrogen-bond donors (Lipinski definition) is 1. The molecule has 8 heteroatoms. The first-order chi connectivity index (χ1) is 9.34. The molecule has 1 fully saturated rings. The Hall–Kier alpha value is -1.08. The Labute approximate surface area is 139 Å². The number of rotatable bonds is 2. The fourth-order valence-electron chi connectivity index (χ4n) is 2.09. The molecule has 1 saturated heterocycles. The van der Waals surface area contributed by atoms with Crippen LogP contribution in [0.2, 0.25) is 0 Å². The van der Waals surface area contributed by atoms with E-state index >= 15 is 0 Å². The second-order valence-electron chi connectivity index (χ2n) is 4.40. The predicted molar refractivity (Wildman–Crippen MR) is 87.7 cm³/mol. The van der Waals surface area contributed by atoms with Gasteiger partial charge in [-0.15, -0.1) is 36.2 Å². The average molecular weight is 350 g/mol. The van der Waals surface area contributed by atoms with Crippen molar-refractivity contribution in [3.8, 4) is 10.8 Å². The Morgan fingerprint density at radius 3 is 2.95 bits per heavy atom. The Kier molecular flexibility index (Phi) is 7.17. The summed E-state index contributed by atoms with van der Waals surface area (Å²) in [5.74, 6) is 0.778. The molecule has 1 amide bonds. The van der Waals surface area contributed by atoms with Crippen LogP contribution in [0.3, 0.4) is 0 Å². The van der Waals surface area contributed by atoms with Crippen molar-refractivity contribution in [2.75, 3.05) is 26.2 Å². The Balaban J connectivity index is 0.00000110. The van der Waals surface area contributed by atoms with Gasteiger partial charge in [-0.2, -0.15) is 0 Å². The lowest BCUT2D eigenvalue weighted by Gasteiger charge is -2.18. The van der Waals surface area contributed by atoms with Gasteiger partial charge in [-0.3, -0.25) is 4.79 Å². The summed E-state index contributed by atoms with van der Waals surface area (Å²) in [5.41, 5.74) is 0. The molecule has 0 atom stereocenters. The zero-order valence-corrected chi connectivity index (χ0v) is 13.7. The number of carbonyl (C=O) groups is 1. The second-order valence-corrected chi connectivity index (χ2v) is 5.43. The molecule has 0 bridgehead atoms. The number of amides is 1. The summed E-state index contributed by atoms with van der Waals surface area (Å²) in [6.07, 6.45) is 4.25. The van der Waals surface area contributed by atoms with Gasteiger partial charge in [0.25, 0.3) is 5.91 Å². The van der Waals surface area contributed by atoms with Crippen LogP contribution in [0.15, 0.2) is 29.0 Å². The summed E-state index contributed by atoms with van der Waals surface area (Å²) in [6.45, 7) is 3.40. The van der Waals surface area contributed by atoms with Gasteiger partial charge in [-0.25, -0.2) is 4.98 Å². The minimum Gasteiger partial charge on any atom is -0.462 e. The van der Waals surface area contributed by atoms with Gasteiger partial charge in [-0.05, 0) is 25.1 Å². The molecule has 0 radical (unpaired) electrons. The predicted octanol–water partition coefficient (Wildman–Crippen LogP) is 2.68. The van der Waals surface area contributed by atoms with Crippen LogP contribution in [-0.4, -0.2) is 42.0 Å². The molecule has 2 aromatic rings. The summed E-state index contributed by atoms with van der Waals surface area (Å²) in [5, 5.41) is 4.04. The zero-order valence-electron chi connectivity index (χ0n) is 11.3. The molecule has 0 aromatic carbocycles. The van der Waals surface area contributed by atoms with Crippen LogP contribution < -0.4 is 5.32 Å². The Bertz CT molecular complexity index is 552. The SMILES string of the molecule is Cl.Cl.O=C(c1cnc(-c2ccco2)s1)N1CCCNCC1. The molecule has 3 rings (SSSR count). The van der Waals surface area contributed by atoms with Gasteiger partial charge in [-0.1, -0.05) is 0 Å². The molecule has 1 aliphatic heterocycles. The summed E-state index contributed by atoms with van der Waals surface area (Å²) >= 11 is 1.38. The first kappa shape index (κ1) is 18.0. The molecular weight excluding hydrogens is 333 g/mol. The molecule has 1 N–H and O–H groups in total. The lowest BCUT2D eigenvalue weighted by Crippen LogP contribution is -2.33. The first-order valence-electron chi connectivity index (χ1n) is 6.34. The van der Waals surface area contributed by atoms with E-state index in [9.17, 15) is 4.79 Å². The highest BCUT2D eigenvalue weighted by atomic mass is 35.5. The molecule has 2 aromatic heterocycles.